The van der Waals surface area contributed by atoms with E-state index in [-0.39, 0.29) is 18.3 Å². The topological polar surface area (TPSA) is 48.0 Å². The van der Waals surface area contributed by atoms with Crippen LogP contribution in [0.3, 0.4) is 0 Å². The normalized spacial score (nSPS) is 14.6. The lowest BCUT2D eigenvalue weighted by Gasteiger charge is -2.14. The molecule has 1 saturated heterocycles. The lowest BCUT2D eigenvalue weighted by Crippen LogP contribution is -2.27. The molecule has 33 heavy (non-hydrogen) atoms. The monoisotopic (exact) mass is 481 g/mol. The lowest BCUT2D eigenvalue weighted by atomic mass is 10.1. The number of rotatable bonds is 7. The quantitative estimate of drug-likeness (QED) is 0.313. The fourth-order valence-corrected chi connectivity index (χ4v) is 4.54. The summed E-state index contributed by atoms with van der Waals surface area (Å²) in [6, 6.07) is 18.9. The lowest BCUT2D eigenvalue weighted by molar-refractivity contribution is -0.113. The van der Waals surface area contributed by atoms with Crippen molar-refractivity contribution in [2.24, 2.45) is 0 Å². The molecule has 0 unspecified atom stereocenters. The van der Waals surface area contributed by atoms with E-state index in [4.69, 9.17) is 26.4 Å². The number of benzene rings is 3. The van der Waals surface area contributed by atoms with Crippen molar-refractivity contribution >= 4 is 46.0 Å². The van der Waals surface area contributed by atoms with Crippen molar-refractivity contribution in [1.29, 1.82) is 0 Å². The highest BCUT2D eigenvalue weighted by Gasteiger charge is 2.33. The second-order valence-electron chi connectivity index (χ2n) is 7.01. The number of hydrogen-bond acceptors (Lipinski definition) is 6. The summed E-state index contributed by atoms with van der Waals surface area (Å²) in [5.41, 5.74) is 1.88. The first-order chi connectivity index (χ1) is 16.0. The van der Waals surface area contributed by atoms with E-state index in [1.54, 1.807) is 73.8 Å². The molecule has 0 bridgehead atoms. The minimum atomic E-state index is -0.327. The first kappa shape index (κ1) is 22.8. The van der Waals surface area contributed by atoms with Gasteiger partial charge in [0.2, 0.25) is 0 Å². The van der Waals surface area contributed by atoms with Crippen LogP contribution in [0.25, 0.3) is 6.08 Å². The number of anilines is 1. The van der Waals surface area contributed by atoms with Gasteiger partial charge in [-0.05, 0) is 54.1 Å². The second kappa shape index (κ2) is 10.1. The van der Waals surface area contributed by atoms with Crippen LogP contribution >= 0.6 is 24.0 Å². The van der Waals surface area contributed by atoms with Crippen molar-refractivity contribution in [2.45, 2.75) is 6.61 Å². The van der Waals surface area contributed by atoms with E-state index >= 15 is 0 Å². The van der Waals surface area contributed by atoms with Gasteiger partial charge in [0.25, 0.3) is 5.91 Å². The van der Waals surface area contributed by atoms with Crippen LogP contribution < -0.4 is 19.1 Å². The number of nitrogens with zero attached hydrogens (tertiary/aromatic N) is 1. The van der Waals surface area contributed by atoms with E-state index in [1.165, 1.54) is 29.8 Å². The van der Waals surface area contributed by atoms with Crippen molar-refractivity contribution in [2.75, 3.05) is 19.1 Å². The van der Waals surface area contributed by atoms with Crippen LogP contribution in [0.1, 0.15) is 11.1 Å². The smallest absolute Gasteiger partial charge is 0.270 e. The van der Waals surface area contributed by atoms with Crippen LogP contribution in [0.15, 0.2) is 71.6 Å². The zero-order chi connectivity index (χ0) is 23.4. The van der Waals surface area contributed by atoms with Crippen molar-refractivity contribution < 1.29 is 23.4 Å². The predicted octanol–water partition coefficient (Wildman–Crippen LogP) is 5.83. The molecule has 0 aromatic heterocycles. The molecule has 3 aromatic carbocycles. The van der Waals surface area contributed by atoms with Crippen molar-refractivity contribution in [3.8, 4) is 17.2 Å². The molecule has 0 radical (unpaired) electrons. The molecule has 0 spiro atoms. The minimum Gasteiger partial charge on any atom is -0.497 e. The average Bonchev–Trinajstić information content (AvgIpc) is 3.11. The Balaban J connectivity index is 1.53. The number of thioether (sulfide) groups is 1. The molecule has 0 saturated carbocycles. The van der Waals surface area contributed by atoms with E-state index in [0.29, 0.717) is 37.7 Å². The largest absolute Gasteiger partial charge is 0.497 e. The van der Waals surface area contributed by atoms with Gasteiger partial charge in [-0.2, -0.15) is 0 Å². The Morgan fingerprint density at radius 2 is 1.76 bits per heavy atom. The Labute approximate surface area is 200 Å². The Bertz CT molecular complexity index is 1230. The molecule has 1 amide bonds. The van der Waals surface area contributed by atoms with Crippen LogP contribution in [0.2, 0.25) is 0 Å². The first-order valence-corrected chi connectivity index (χ1v) is 11.2. The molecular formula is C25H20FNO4S2. The maximum Gasteiger partial charge on any atom is 0.270 e. The van der Waals surface area contributed by atoms with Crippen LogP contribution in [0.5, 0.6) is 17.2 Å². The van der Waals surface area contributed by atoms with Gasteiger partial charge in [-0.25, -0.2) is 4.39 Å². The first-order valence-electron chi connectivity index (χ1n) is 9.96. The summed E-state index contributed by atoms with van der Waals surface area (Å²) in [5, 5.41) is 0. The van der Waals surface area contributed by atoms with Crippen molar-refractivity contribution in [3.05, 3.63) is 88.6 Å². The van der Waals surface area contributed by atoms with Gasteiger partial charge < -0.3 is 14.2 Å². The van der Waals surface area contributed by atoms with Crippen LogP contribution in [-0.4, -0.2) is 24.4 Å². The van der Waals surface area contributed by atoms with Gasteiger partial charge in [-0.15, -0.1) is 0 Å². The fraction of sp³-hybridized carbons (Fsp3) is 0.120. The summed E-state index contributed by atoms with van der Waals surface area (Å²) in [7, 11) is 3.11. The maximum atomic E-state index is 13.9. The van der Waals surface area contributed by atoms with Crippen molar-refractivity contribution in [1.82, 2.24) is 0 Å². The Morgan fingerprint density at radius 1 is 1.00 bits per heavy atom. The summed E-state index contributed by atoms with van der Waals surface area (Å²) in [5.74, 6) is 1.12. The summed E-state index contributed by atoms with van der Waals surface area (Å²) in [6.07, 6.45) is 1.76. The van der Waals surface area contributed by atoms with E-state index in [2.05, 4.69) is 0 Å². The van der Waals surface area contributed by atoms with Crippen molar-refractivity contribution in [3.63, 3.8) is 0 Å². The summed E-state index contributed by atoms with van der Waals surface area (Å²) >= 11 is 6.67. The standard InChI is InChI=1S/C25H20FNO4S2/c1-29-19-10-8-18(9-11-19)27-24(28)23(33-25(27)32)14-16-7-12-21(22(13-16)30-2)31-15-17-5-3-4-6-20(17)26/h3-14H,15H2,1-2H3/b23-14+. The summed E-state index contributed by atoms with van der Waals surface area (Å²) in [6.45, 7) is 0.0723. The average molecular weight is 482 g/mol. The highest BCUT2D eigenvalue weighted by molar-refractivity contribution is 8.27. The number of methoxy groups -OCH3 is 2. The Hall–Kier alpha value is -3.36. The molecule has 5 nitrogen and oxygen atoms in total. The molecule has 4 rings (SSSR count). The minimum absolute atomic E-state index is 0.0723. The molecule has 168 valence electrons. The molecule has 1 aliphatic rings. The van der Waals surface area contributed by atoms with Gasteiger partial charge in [0.15, 0.2) is 15.8 Å². The number of thiocarbonyl (C=S) groups is 1. The molecular weight excluding hydrogens is 461 g/mol. The zero-order valence-electron chi connectivity index (χ0n) is 17.9. The van der Waals surface area contributed by atoms with Crippen LogP contribution in [0, 0.1) is 5.82 Å². The summed E-state index contributed by atoms with van der Waals surface area (Å²) in [4.78, 5) is 15.0. The van der Waals surface area contributed by atoms with Gasteiger partial charge in [-0.3, -0.25) is 9.69 Å². The predicted molar refractivity (Wildman–Crippen MR) is 132 cm³/mol. The van der Waals surface area contributed by atoms with E-state index in [0.717, 1.165) is 5.56 Å². The number of ether oxygens (including phenoxy) is 3. The molecule has 1 aliphatic heterocycles. The highest BCUT2D eigenvalue weighted by atomic mass is 32.2. The van der Waals surface area contributed by atoms with E-state index in [1.807, 2.05) is 0 Å². The van der Waals surface area contributed by atoms with Gasteiger partial charge in [0.05, 0.1) is 24.8 Å². The number of halogens is 1. The van der Waals surface area contributed by atoms with Gasteiger partial charge in [0.1, 0.15) is 18.2 Å². The van der Waals surface area contributed by atoms with Crippen LogP contribution in [-0.2, 0) is 11.4 Å². The molecule has 1 fully saturated rings. The molecule has 8 heteroatoms. The molecule has 0 atom stereocenters. The second-order valence-corrected chi connectivity index (χ2v) is 8.68. The number of carbonyl (C=O) groups is 1. The van der Waals surface area contributed by atoms with Gasteiger partial charge in [-0.1, -0.05) is 48.2 Å². The fourth-order valence-electron chi connectivity index (χ4n) is 3.24. The maximum absolute atomic E-state index is 13.9. The molecule has 3 aromatic rings. The molecule has 0 aliphatic carbocycles. The third kappa shape index (κ3) is 5.02. The third-order valence-corrected chi connectivity index (χ3v) is 6.25. The number of carbonyl (C=O) groups excluding carboxylic acids is 1. The zero-order valence-corrected chi connectivity index (χ0v) is 19.5. The molecule has 1 heterocycles. The van der Waals surface area contributed by atoms with Gasteiger partial charge >= 0.3 is 0 Å². The highest BCUT2D eigenvalue weighted by Crippen LogP contribution is 2.37. The van der Waals surface area contributed by atoms with E-state index < -0.39 is 0 Å². The van der Waals surface area contributed by atoms with E-state index in [9.17, 15) is 9.18 Å². The number of amides is 1. The number of hydrogen-bond donors (Lipinski definition) is 0. The third-order valence-electron chi connectivity index (χ3n) is 4.95. The Kier molecular flexibility index (Phi) is 6.96. The van der Waals surface area contributed by atoms with Crippen LogP contribution in [0.4, 0.5) is 10.1 Å². The van der Waals surface area contributed by atoms with Gasteiger partial charge in [0, 0.05) is 5.56 Å². The molecule has 0 N–H and O–H groups in total. The SMILES string of the molecule is COc1ccc(N2C(=O)/C(=C\c3ccc(OCc4ccccc4F)c(OC)c3)SC2=S)cc1. The Morgan fingerprint density at radius 3 is 2.45 bits per heavy atom. The summed E-state index contributed by atoms with van der Waals surface area (Å²) < 4.78 is 30.7.